The summed E-state index contributed by atoms with van der Waals surface area (Å²) in [6.45, 7) is 2.77. The van der Waals surface area contributed by atoms with Gasteiger partial charge in [-0.15, -0.1) is 0 Å². The molecular weight excluding hydrogens is 326 g/mol. The van der Waals surface area contributed by atoms with Gasteiger partial charge in [-0.2, -0.15) is 15.1 Å². The third-order valence-corrected chi connectivity index (χ3v) is 4.99. The number of nitrogens with one attached hydrogen (secondary N) is 2. The summed E-state index contributed by atoms with van der Waals surface area (Å²) in [4.78, 5) is 9.30. The molecule has 2 atom stereocenters. The van der Waals surface area contributed by atoms with Gasteiger partial charge in [0.2, 0.25) is 5.95 Å². The van der Waals surface area contributed by atoms with Gasteiger partial charge < -0.3 is 16.4 Å². The number of hydrogen-bond acceptors (Lipinski definition) is 6. The minimum absolute atomic E-state index is 0.121. The van der Waals surface area contributed by atoms with Gasteiger partial charge in [0.25, 0.3) is 0 Å². The Balaban J connectivity index is 1.55. The first kappa shape index (κ1) is 16.8. The van der Waals surface area contributed by atoms with Gasteiger partial charge in [0.05, 0.1) is 11.6 Å². The van der Waals surface area contributed by atoms with Crippen LogP contribution in [0.15, 0.2) is 36.5 Å². The van der Waals surface area contributed by atoms with E-state index in [1.807, 2.05) is 43.6 Å². The van der Waals surface area contributed by atoms with Crippen molar-refractivity contribution in [2.75, 3.05) is 17.2 Å². The first-order chi connectivity index (χ1) is 12.6. The summed E-state index contributed by atoms with van der Waals surface area (Å²) in [5, 5.41) is 12.1. The van der Waals surface area contributed by atoms with Crippen LogP contribution in [0.1, 0.15) is 31.4 Å². The van der Waals surface area contributed by atoms with Gasteiger partial charge in [-0.25, -0.2) is 0 Å². The first-order valence-electron chi connectivity index (χ1n) is 9.12. The van der Waals surface area contributed by atoms with Crippen LogP contribution < -0.4 is 16.4 Å². The molecule has 7 nitrogen and oxygen atoms in total. The third kappa shape index (κ3) is 3.48. The van der Waals surface area contributed by atoms with Crippen molar-refractivity contribution in [2.45, 2.75) is 31.8 Å². The van der Waals surface area contributed by atoms with Gasteiger partial charge in [0, 0.05) is 25.7 Å². The number of benzene rings is 1. The number of hydrogen-bond donors (Lipinski definition) is 3. The zero-order valence-corrected chi connectivity index (χ0v) is 15.2. The van der Waals surface area contributed by atoms with Crippen molar-refractivity contribution >= 4 is 22.8 Å². The molecule has 2 heterocycles. The standard InChI is InChI=1S/C19H25N7/c1-12(13-8-9-13)23-17-15-10-22-26(2)18(15)25-19(24-17)21-11-16(20)14-6-4-3-5-7-14/h3-7,10,12-13,16H,8-9,11,20H2,1-2H3,(H2,21,23,24,25)/t12-,16-/m0/s1. The van der Waals surface area contributed by atoms with Crippen LogP contribution in [0.4, 0.5) is 11.8 Å². The smallest absolute Gasteiger partial charge is 0.226 e. The summed E-state index contributed by atoms with van der Waals surface area (Å²) in [5.74, 6) is 2.14. The zero-order valence-electron chi connectivity index (χ0n) is 15.2. The molecule has 1 fully saturated rings. The van der Waals surface area contributed by atoms with E-state index < -0.39 is 0 Å². The normalized spacial score (nSPS) is 16.4. The predicted molar refractivity (Wildman–Crippen MR) is 104 cm³/mol. The second-order valence-corrected chi connectivity index (χ2v) is 7.07. The maximum absolute atomic E-state index is 6.28. The summed E-state index contributed by atoms with van der Waals surface area (Å²) < 4.78 is 1.77. The molecule has 1 aliphatic rings. The highest BCUT2D eigenvalue weighted by atomic mass is 15.3. The molecule has 136 valence electrons. The van der Waals surface area contributed by atoms with E-state index >= 15 is 0 Å². The number of aryl methyl sites for hydroxylation is 1. The average Bonchev–Trinajstić information content (AvgIpc) is 3.45. The van der Waals surface area contributed by atoms with E-state index in [0.29, 0.717) is 18.5 Å². The number of fused-ring (bicyclic) bond motifs is 1. The Kier molecular flexibility index (Phi) is 4.46. The minimum atomic E-state index is -0.121. The molecule has 0 amide bonds. The molecule has 1 saturated carbocycles. The molecule has 0 radical (unpaired) electrons. The van der Waals surface area contributed by atoms with E-state index in [0.717, 1.165) is 28.3 Å². The van der Waals surface area contributed by atoms with Crippen molar-refractivity contribution in [3.63, 3.8) is 0 Å². The second kappa shape index (κ2) is 6.92. The van der Waals surface area contributed by atoms with Crippen LogP contribution in [0, 0.1) is 5.92 Å². The topological polar surface area (TPSA) is 93.7 Å². The number of rotatable bonds is 7. The lowest BCUT2D eigenvalue weighted by atomic mass is 10.1. The lowest BCUT2D eigenvalue weighted by Crippen LogP contribution is -2.22. The Bertz CT molecular complexity index is 886. The molecule has 0 saturated heterocycles. The molecule has 1 aliphatic carbocycles. The number of anilines is 2. The Morgan fingerprint density at radius 2 is 2.00 bits per heavy atom. The lowest BCUT2D eigenvalue weighted by Gasteiger charge is -2.16. The highest BCUT2D eigenvalue weighted by Crippen LogP contribution is 2.34. The molecule has 3 aromatic rings. The first-order valence-corrected chi connectivity index (χ1v) is 9.12. The van der Waals surface area contributed by atoms with Crippen LogP contribution in [0.25, 0.3) is 11.0 Å². The quantitative estimate of drug-likeness (QED) is 0.606. The summed E-state index contributed by atoms with van der Waals surface area (Å²) in [6, 6.07) is 10.3. The molecule has 0 spiro atoms. The largest absolute Gasteiger partial charge is 0.367 e. The number of aromatic nitrogens is 4. The van der Waals surface area contributed by atoms with Gasteiger partial charge in [-0.05, 0) is 31.2 Å². The molecule has 0 unspecified atom stereocenters. The van der Waals surface area contributed by atoms with E-state index in [2.05, 4.69) is 32.6 Å². The van der Waals surface area contributed by atoms with Crippen molar-refractivity contribution in [1.29, 1.82) is 0 Å². The molecule has 4 rings (SSSR count). The van der Waals surface area contributed by atoms with Crippen molar-refractivity contribution in [3.05, 3.63) is 42.1 Å². The highest BCUT2D eigenvalue weighted by Gasteiger charge is 2.28. The van der Waals surface area contributed by atoms with Crippen molar-refractivity contribution in [3.8, 4) is 0 Å². The monoisotopic (exact) mass is 351 g/mol. The van der Waals surface area contributed by atoms with Crippen molar-refractivity contribution in [1.82, 2.24) is 19.7 Å². The van der Waals surface area contributed by atoms with E-state index in [1.54, 1.807) is 4.68 Å². The summed E-state index contributed by atoms with van der Waals surface area (Å²) in [7, 11) is 1.89. The Hall–Kier alpha value is -2.67. The van der Waals surface area contributed by atoms with Crippen molar-refractivity contribution < 1.29 is 0 Å². The zero-order chi connectivity index (χ0) is 18.1. The van der Waals surface area contributed by atoms with Gasteiger partial charge in [0.15, 0.2) is 5.65 Å². The van der Waals surface area contributed by atoms with E-state index in [9.17, 15) is 0 Å². The van der Waals surface area contributed by atoms with Crippen LogP contribution in [-0.2, 0) is 7.05 Å². The van der Waals surface area contributed by atoms with Crippen LogP contribution in [0.2, 0.25) is 0 Å². The van der Waals surface area contributed by atoms with Crippen LogP contribution in [-0.4, -0.2) is 32.3 Å². The SMILES string of the molecule is C[C@H](Nc1nc(NC[C@H](N)c2ccccc2)nc2c1cnn2C)C1CC1. The highest BCUT2D eigenvalue weighted by molar-refractivity contribution is 5.87. The van der Waals surface area contributed by atoms with Gasteiger partial charge in [-0.1, -0.05) is 30.3 Å². The van der Waals surface area contributed by atoms with Gasteiger partial charge >= 0.3 is 0 Å². The van der Waals surface area contributed by atoms with Crippen LogP contribution in [0.5, 0.6) is 0 Å². The average molecular weight is 351 g/mol. The van der Waals surface area contributed by atoms with E-state index in [4.69, 9.17) is 5.73 Å². The minimum Gasteiger partial charge on any atom is -0.367 e. The van der Waals surface area contributed by atoms with Gasteiger partial charge in [0.1, 0.15) is 5.82 Å². The fourth-order valence-corrected chi connectivity index (χ4v) is 3.16. The second-order valence-electron chi connectivity index (χ2n) is 7.07. The molecule has 0 aliphatic heterocycles. The summed E-state index contributed by atoms with van der Waals surface area (Å²) in [6.07, 6.45) is 4.38. The number of nitrogens with zero attached hydrogens (tertiary/aromatic N) is 4. The Labute approximate surface area is 153 Å². The Morgan fingerprint density at radius 1 is 1.23 bits per heavy atom. The predicted octanol–water partition coefficient (Wildman–Crippen LogP) is 2.69. The Morgan fingerprint density at radius 3 is 2.73 bits per heavy atom. The van der Waals surface area contributed by atoms with Crippen LogP contribution >= 0.6 is 0 Å². The van der Waals surface area contributed by atoms with E-state index in [-0.39, 0.29) is 6.04 Å². The maximum Gasteiger partial charge on any atom is 0.226 e. The molecule has 1 aromatic carbocycles. The van der Waals surface area contributed by atoms with Gasteiger partial charge in [-0.3, -0.25) is 4.68 Å². The molecule has 26 heavy (non-hydrogen) atoms. The molecule has 0 bridgehead atoms. The summed E-state index contributed by atoms with van der Waals surface area (Å²) >= 11 is 0. The molecule has 7 heteroatoms. The maximum atomic E-state index is 6.28. The van der Waals surface area contributed by atoms with Crippen LogP contribution in [0.3, 0.4) is 0 Å². The third-order valence-electron chi connectivity index (χ3n) is 4.99. The summed E-state index contributed by atoms with van der Waals surface area (Å²) in [5.41, 5.74) is 8.17. The number of nitrogens with two attached hydrogens (primary N) is 1. The fraction of sp³-hybridized carbons (Fsp3) is 0.421. The molecule has 4 N–H and O–H groups in total. The molecular formula is C19H25N7. The lowest BCUT2D eigenvalue weighted by molar-refractivity contribution is 0.691. The fourth-order valence-electron chi connectivity index (χ4n) is 3.16. The van der Waals surface area contributed by atoms with Crippen molar-refractivity contribution in [2.24, 2.45) is 18.7 Å². The van der Waals surface area contributed by atoms with E-state index in [1.165, 1.54) is 12.8 Å². The molecule has 2 aromatic heterocycles.